The first-order chi connectivity index (χ1) is 15.8. The summed E-state index contributed by atoms with van der Waals surface area (Å²) in [6, 6.07) is 10.0. The smallest absolute Gasteiger partial charge is 0.167 e. The van der Waals surface area contributed by atoms with Crippen LogP contribution in [0.5, 0.6) is 0 Å². The SMILES string of the molecule is Nc1ncnc2nc(-c3ccc(N4CCOCC4)nc3)cc(NCCc3cccnc3)c12. The van der Waals surface area contributed by atoms with Gasteiger partial charge in [-0.25, -0.2) is 19.9 Å². The van der Waals surface area contributed by atoms with Crippen LogP contribution in [0.1, 0.15) is 5.56 Å². The zero-order valence-electron chi connectivity index (χ0n) is 17.6. The second-order valence-corrected chi connectivity index (χ2v) is 7.56. The third-order valence-corrected chi connectivity index (χ3v) is 5.46. The lowest BCUT2D eigenvalue weighted by atomic mass is 10.1. The Morgan fingerprint density at radius 3 is 2.75 bits per heavy atom. The van der Waals surface area contributed by atoms with E-state index in [0.29, 0.717) is 18.0 Å². The molecule has 0 aromatic carbocycles. The number of nitrogens with one attached hydrogen (secondary N) is 1. The number of fused-ring (bicyclic) bond motifs is 1. The molecule has 4 aromatic heterocycles. The minimum Gasteiger partial charge on any atom is -0.384 e. The summed E-state index contributed by atoms with van der Waals surface area (Å²) in [6.07, 6.45) is 7.76. The average Bonchev–Trinajstić information content (AvgIpc) is 2.85. The zero-order chi connectivity index (χ0) is 21.8. The molecule has 0 saturated carbocycles. The Kier molecular flexibility index (Phi) is 5.71. The van der Waals surface area contributed by atoms with Crippen LogP contribution in [0.4, 0.5) is 17.3 Å². The van der Waals surface area contributed by atoms with Crippen LogP contribution < -0.4 is 16.0 Å². The number of hydrogen-bond acceptors (Lipinski definition) is 9. The first-order valence-corrected chi connectivity index (χ1v) is 10.6. The number of nitrogens with zero attached hydrogens (tertiary/aromatic N) is 6. The van der Waals surface area contributed by atoms with E-state index in [1.807, 2.05) is 36.7 Å². The standard InChI is InChI=1S/C23H24N8O/c24-22-21-19(26-7-5-16-2-1-6-25-13-16)12-18(30-23(21)29-15-28-22)17-3-4-20(27-14-17)31-8-10-32-11-9-31/h1-4,6,12-15H,5,7-11H2,(H3,24,26,28,29,30). The van der Waals surface area contributed by atoms with Gasteiger partial charge in [0.1, 0.15) is 18.0 Å². The van der Waals surface area contributed by atoms with Crippen molar-refractivity contribution in [2.45, 2.75) is 6.42 Å². The van der Waals surface area contributed by atoms with Crippen molar-refractivity contribution in [3.8, 4) is 11.3 Å². The summed E-state index contributed by atoms with van der Waals surface area (Å²) < 4.78 is 5.43. The molecule has 9 heteroatoms. The normalized spacial score (nSPS) is 13.9. The van der Waals surface area contributed by atoms with Crippen LogP contribution in [0.2, 0.25) is 0 Å². The van der Waals surface area contributed by atoms with Gasteiger partial charge in [-0.15, -0.1) is 0 Å². The number of nitrogens with two attached hydrogens (primary N) is 1. The van der Waals surface area contributed by atoms with E-state index < -0.39 is 0 Å². The van der Waals surface area contributed by atoms with Gasteiger partial charge in [0.05, 0.1) is 30.0 Å². The molecule has 5 heterocycles. The molecule has 0 aliphatic carbocycles. The second-order valence-electron chi connectivity index (χ2n) is 7.56. The van der Waals surface area contributed by atoms with E-state index in [1.54, 1.807) is 6.20 Å². The van der Waals surface area contributed by atoms with Crippen molar-refractivity contribution in [1.82, 2.24) is 24.9 Å². The van der Waals surface area contributed by atoms with E-state index >= 15 is 0 Å². The first kappa shape index (κ1) is 20.1. The van der Waals surface area contributed by atoms with Gasteiger partial charge in [-0.3, -0.25) is 4.98 Å². The third-order valence-electron chi connectivity index (χ3n) is 5.46. The highest BCUT2D eigenvalue weighted by molar-refractivity contribution is 5.98. The monoisotopic (exact) mass is 428 g/mol. The van der Waals surface area contributed by atoms with Crippen molar-refractivity contribution in [3.05, 3.63) is 60.8 Å². The van der Waals surface area contributed by atoms with E-state index in [1.165, 1.54) is 6.33 Å². The molecule has 0 unspecified atom stereocenters. The van der Waals surface area contributed by atoms with E-state index in [9.17, 15) is 0 Å². The van der Waals surface area contributed by atoms with Gasteiger partial charge in [-0.1, -0.05) is 6.07 Å². The molecule has 162 valence electrons. The van der Waals surface area contributed by atoms with Crippen LogP contribution in [0.3, 0.4) is 0 Å². The summed E-state index contributed by atoms with van der Waals surface area (Å²) in [5.74, 6) is 1.35. The van der Waals surface area contributed by atoms with Crippen LogP contribution in [-0.2, 0) is 11.2 Å². The maximum Gasteiger partial charge on any atom is 0.167 e. The Labute approximate surface area is 185 Å². The number of ether oxygens (including phenoxy) is 1. The van der Waals surface area contributed by atoms with Crippen molar-refractivity contribution >= 4 is 28.4 Å². The third kappa shape index (κ3) is 4.28. The fourth-order valence-corrected chi connectivity index (χ4v) is 3.78. The summed E-state index contributed by atoms with van der Waals surface area (Å²) >= 11 is 0. The molecular weight excluding hydrogens is 404 g/mol. The highest BCUT2D eigenvalue weighted by atomic mass is 16.5. The average molecular weight is 429 g/mol. The summed E-state index contributed by atoms with van der Waals surface area (Å²) in [6.45, 7) is 3.87. The highest BCUT2D eigenvalue weighted by Crippen LogP contribution is 2.30. The number of morpholine rings is 1. The minimum absolute atomic E-state index is 0.402. The van der Waals surface area contributed by atoms with Gasteiger partial charge in [0.25, 0.3) is 0 Å². The highest BCUT2D eigenvalue weighted by Gasteiger charge is 2.15. The lowest BCUT2D eigenvalue weighted by molar-refractivity contribution is 0.122. The van der Waals surface area contributed by atoms with Crippen molar-refractivity contribution in [1.29, 1.82) is 0 Å². The molecule has 0 bridgehead atoms. The second kappa shape index (κ2) is 9.11. The maximum atomic E-state index is 6.16. The summed E-state index contributed by atoms with van der Waals surface area (Å²) in [5.41, 5.74) is 10.4. The van der Waals surface area contributed by atoms with Crippen LogP contribution >= 0.6 is 0 Å². The molecule has 32 heavy (non-hydrogen) atoms. The fraction of sp³-hybridized carbons (Fsp3) is 0.261. The summed E-state index contributed by atoms with van der Waals surface area (Å²) in [5, 5.41) is 4.20. The molecule has 9 nitrogen and oxygen atoms in total. The van der Waals surface area contributed by atoms with Gasteiger partial charge < -0.3 is 20.7 Å². The Bertz CT molecular complexity index is 1190. The molecule has 1 saturated heterocycles. The van der Waals surface area contributed by atoms with E-state index in [4.69, 9.17) is 15.5 Å². The topological polar surface area (TPSA) is 115 Å². The number of hydrogen-bond donors (Lipinski definition) is 2. The Morgan fingerprint density at radius 1 is 1.06 bits per heavy atom. The number of aromatic nitrogens is 5. The molecule has 3 N–H and O–H groups in total. The maximum absolute atomic E-state index is 6.16. The van der Waals surface area contributed by atoms with Gasteiger partial charge in [0.2, 0.25) is 0 Å². The largest absolute Gasteiger partial charge is 0.384 e. The van der Waals surface area contributed by atoms with E-state index in [0.717, 1.165) is 66.4 Å². The molecular formula is C23H24N8O. The number of anilines is 3. The molecule has 4 aromatic rings. The molecule has 5 rings (SSSR count). The van der Waals surface area contributed by atoms with Crippen molar-refractivity contribution in [3.63, 3.8) is 0 Å². The molecule has 1 fully saturated rings. The Balaban J connectivity index is 1.43. The molecule has 0 radical (unpaired) electrons. The molecule has 1 aliphatic heterocycles. The molecule has 0 amide bonds. The predicted molar refractivity (Wildman–Crippen MR) is 124 cm³/mol. The van der Waals surface area contributed by atoms with Crippen LogP contribution in [0.25, 0.3) is 22.3 Å². The number of nitrogen functional groups attached to an aromatic ring is 1. The molecule has 0 spiro atoms. The number of rotatable bonds is 6. The van der Waals surface area contributed by atoms with Crippen molar-refractivity contribution in [2.24, 2.45) is 0 Å². The van der Waals surface area contributed by atoms with Crippen LogP contribution in [0.15, 0.2) is 55.2 Å². The predicted octanol–water partition coefficient (Wildman–Crippen LogP) is 2.56. The van der Waals surface area contributed by atoms with E-state index in [-0.39, 0.29) is 0 Å². The summed E-state index contributed by atoms with van der Waals surface area (Å²) in [4.78, 5) is 24.3. The van der Waals surface area contributed by atoms with Crippen LogP contribution in [0, 0.1) is 0 Å². The lowest BCUT2D eigenvalue weighted by Crippen LogP contribution is -2.36. The van der Waals surface area contributed by atoms with Crippen molar-refractivity contribution < 1.29 is 4.74 Å². The molecule has 0 atom stereocenters. The number of pyridine rings is 3. The zero-order valence-corrected chi connectivity index (χ0v) is 17.6. The minimum atomic E-state index is 0.402. The summed E-state index contributed by atoms with van der Waals surface area (Å²) in [7, 11) is 0. The quantitative estimate of drug-likeness (QED) is 0.478. The lowest BCUT2D eigenvalue weighted by Gasteiger charge is -2.27. The Morgan fingerprint density at radius 2 is 1.97 bits per heavy atom. The van der Waals surface area contributed by atoms with Crippen molar-refractivity contribution in [2.75, 3.05) is 48.8 Å². The van der Waals surface area contributed by atoms with Gasteiger partial charge in [0, 0.05) is 43.8 Å². The van der Waals surface area contributed by atoms with E-state index in [2.05, 4.69) is 36.2 Å². The van der Waals surface area contributed by atoms with Gasteiger partial charge in [-0.2, -0.15) is 0 Å². The van der Waals surface area contributed by atoms with Crippen LogP contribution in [-0.4, -0.2) is 57.8 Å². The van der Waals surface area contributed by atoms with Gasteiger partial charge >= 0.3 is 0 Å². The van der Waals surface area contributed by atoms with Gasteiger partial charge in [-0.05, 0) is 36.2 Å². The Hall–Kier alpha value is -3.85. The van der Waals surface area contributed by atoms with Gasteiger partial charge in [0.15, 0.2) is 5.65 Å². The first-order valence-electron chi connectivity index (χ1n) is 10.6. The fourth-order valence-electron chi connectivity index (χ4n) is 3.78. The molecule has 1 aliphatic rings.